The number of carbonyl (C=O) groups is 1. The second kappa shape index (κ2) is 5.63. The van der Waals surface area contributed by atoms with Crippen molar-refractivity contribution in [3.63, 3.8) is 0 Å². The first kappa shape index (κ1) is 13.1. The van der Waals surface area contributed by atoms with E-state index in [0.29, 0.717) is 11.6 Å². The van der Waals surface area contributed by atoms with Crippen LogP contribution in [-0.4, -0.2) is 33.9 Å². The SMILES string of the molecule is C[C@H](NC(=O)c1ccc2nccn2c1)[C@H]1CCCCN1. The van der Waals surface area contributed by atoms with Crippen LogP contribution in [0.2, 0.25) is 0 Å². The largest absolute Gasteiger partial charge is 0.348 e. The fourth-order valence-electron chi connectivity index (χ4n) is 2.75. The van der Waals surface area contributed by atoms with E-state index >= 15 is 0 Å². The molecule has 0 bridgehead atoms. The summed E-state index contributed by atoms with van der Waals surface area (Å²) in [4.78, 5) is 16.5. The van der Waals surface area contributed by atoms with Gasteiger partial charge in [-0.15, -0.1) is 0 Å². The van der Waals surface area contributed by atoms with Crippen LogP contribution >= 0.6 is 0 Å². The van der Waals surface area contributed by atoms with E-state index in [0.717, 1.165) is 18.6 Å². The third-order valence-corrected chi connectivity index (χ3v) is 3.96. The zero-order valence-electron chi connectivity index (χ0n) is 11.7. The summed E-state index contributed by atoms with van der Waals surface area (Å²) < 4.78 is 1.86. The summed E-state index contributed by atoms with van der Waals surface area (Å²) in [5, 5.41) is 6.56. The van der Waals surface area contributed by atoms with Gasteiger partial charge in [0.05, 0.1) is 5.56 Å². The number of nitrogens with one attached hydrogen (secondary N) is 2. The molecule has 1 amide bonds. The molecule has 1 aliphatic heterocycles. The highest BCUT2D eigenvalue weighted by molar-refractivity contribution is 5.94. The normalized spacial score (nSPS) is 20.8. The van der Waals surface area contributed by atoms with Crippen LogP contribution < -0.4 is 10.6 Å². The maximum atomic E-state index is 12.3. The molecule has 2 aromatic heterocycles. The Morgan fingerprint density at radius 3 is 3.20 bits per heavy atom. The van der Waals surface area contributed by atoms with Crippen LogP contribution in [0, 0.1) is 0 Å². The van der Waals surface area contributed by atoms with E-state index < -0.39 is 0 Å². The Morgan fingerprint density at radius 1 is 1.50 bits per heavy atom. The summed E-state index contributed by atoms with van der Waals surface area (Å²) in [6.07, 6.45) is 8.98. The van der Waals surface area contributed by atoms with E-state index in [9.17, 15) is 4.79 Å². The molecule has 1 saturated heterocycles. The maximum absolute atomic E-state index is 12.3. The number of amides is 1. The third-order valence-electron chi connectivity index (χ3n) is 3.96. The van der Waals surface area contributed by atoms with Crippen LogP contribution in [0.3, 0.4) is 0 Å². The molecule has 2 N–H and O–H groups in total. The molecule has 20 heavy (non-hydrogen) atoms. The van der Waals surface area contributed by atoms with E-state index in [-0.39, 0.29) is 11.9 Å². The number of rotatable bonds is 3. The van der Waals surface area contributed by atoms with Crippen molar-refractivity contribution in [1.29, 1.82) is 0 Å². The van der Waals surface area contributed by atoms with Crippen LogP contribution in [0.5, 0.6) is 0 Å². The third kappa shape index (κ3) is 2.67. The fourth-order valence-corrected chi connectivity index (χ4v) is 2.75. The Hall–Kier alpha value is -1.88. The summed E-state index contributed by atoms with van der Waals surface area (Å²) in [5.41, 5.74) is 1.52. The number of nitrogens with zero attached hydrogens (tertiary/aromatic N) is 2. The number of fused-ring (bicyclic) bond motifs is 1. The van der Waals surface area contributed by atoms with E-state index in [1.165, 1.54) is 12.8 Å². The number of aromatic nitrogens is 2. The second-order valence-electron chi connectivity index (χ2n) is 5.43. The number of carbonyl (C=O) groups excluding carboxylic acids is 1. The van der Waals surface area contributed by atoms with Gasteiger partial charge in [-0.25, -0.2) is 4.98 Å². The van der Waals surface area contributed by atoms with Crippen molar-refractivity contribution in [2.24, 2.45) is 0 Å². The monoisotopic (exact) mass is 272 g/mol. The molecule has 0 aromatic carbocycles. The molecule has 1 aliphatic rings. The Labute approximate surface area is 118 Å². The van der Waals surface area contributed by atoms with Gasteiger partial charge in [0, 0.05) is 30.7 Å². The molecule has 0 spiro atoms. The standard InChI is InChI=1S/C15H20N4O/c1-11(13-4-2-3-7-16-13)18-15(20)12-5-6-14-17-8-9-19(14)10-12/h5-6,8-11,13,16H,2-4,7H2,1H3,(H,18,20)/t11-,13+/m0/s1. The average molecular weight is 272 g/mol. The predicted octanol–water partition coefficient (Wildman–Crippen LogP) is 1.59. The van der Waals surface area contributed by atoms with Crippen molar-refractivity contribution in [3.05, 3.63) is 36.3 Å². The van der Waals surface area contributed by atoms with Gasteiger partial charge >= 0.3 is 0 Å². The smallest absolute Gasteiger partial charge is 0.253 e. The number of pyridine rings is 1. The van der Waals surface area contributed by atoms with Crippen LogP contribution in [0.15, 0.2) is 30.7 Å². The van der Waals surface area contributed by atoms with Gasteiger partial charge in [-0.3, -0.25) is 4.79 Å². The minimum atomic E-state index is -0.0273. The molecular weight excluding hydrogens is 252 g/mol. The molecule has 106 valence electrons. The lowest BCUT2D eigenvalue weighted by Crippen LogP contribution is -2.50. The van der Waals surface area contributed by atoms with Crippen molar-refractivity contribution < 1.29 is 4.79 Å². The quantitative estimate of drug-likeness (QED) is 0.892. The summed E-state index contributed by atoms with van der Waals surface area (Å²) in [6, 6.07) is 4.20. The maximum Gasteiger partial charge on any atom is 0.253 e. The highest BCUT2D eigenvalue weighted by atomic mass is 16.1. The zero-order chi connectivity index (χ0) is 13.9. The molecule has 0 radical (unpaired) electrons. The van der Waals surface area contributed by atoms with Gasteiger partial charge < -0.3 is 15.0 Å². The molecule has 5 nitrogen and oxygen atoms in total. The highest BCUT2D eigenvalue weighted by Gasteiger charge is 2.21. The molecule has 3 heterocycles. The van der Waals surface area contributed by atoms with Gasteiger partial charge in [-0.05, 0) is 38.4 Å². The summed E-state index contributed by atoms with van der Waals surface area (Å²) in [7, 11) is 0. The lowest BCUT2D eigenvalue weighted by Gasteiger charge is -2.29. The highest BCUT2D eigenvalue weighted by Crippen LogP contribution is 2.11. The van der Waals surface area contributed by atoms with Gasteiger partial charge in [-0.1, -0.05) is 6.42 Å². The first-order chi connectivity index (χ1) is 9.74. The summed E-state index contributed by atoms with van der Waals surface area (Å²) >= 11 is 0. The average Bonchev–Trinajstić information content (AvgIpc) is 2.95. The van der Waals surface area contributed by atoms with E-state index in [1.807, 2.05) is 28.9 Å². The van der Waals surface area contributed by atoms with Crippen molar-refractivity contribution in [2.45, 2.75) is 38.3 Å². The molecule has 0 unspecified atom stereocenters. The van der Waals surface area contributed by atoms with Gasteiger partial charge in [-0.2, -0.15) is 0 Å². The lowest BCUT2D eigenvalue weighted by atomic mass is 9.99. The van der Waals surface area contributed by atoms with Crippen LogP contribution in [-0.2, 0) is 0 Å². The zero-order valence-corrected chi connectivity index (χ0v) is 11.7. The molecule has 0 aliphatic carbocycles. The minimum Gasteiger partial charge on any atom is -0.348 e. The molecule has 3 rings (SSSR count). The Bertz CT molecular complexity index is 601. The van der Waals surface area contributed by atoms with Gasteiger partial charge in [0.15, 0.2) is 0 Å². The molecular formula is C15H20N4O. The number of hydrogen-bond acceptors (Lipinski definition) is 3. The van der Waals surface area contributed by atoms with Crippen molar-refractivity contribution in [2.75, 3.05) is 6.54 Å². The van der Waals surface area contributed by atoms with Crippen molar-refractivity contribution in [3.8, 4) is 0 Å². The molecule has 2 atom stereocenters. The molecule has 2 aromatic rings. The molecule has 5 heteroatoms. The fraction of sp³-hybridized carbons (Fsp3) is 0.467. The van der Waals surface area contributed by atoms with Crippen molar-refractivity contribution >= 4 is 11.6 Å². The van der Waals surface area contributed by atoms with E-state index in [1.54, 1.807) is 6.20 Å². The van der Waals surface area contributed by atoms with E-state index in [2.05, 4.69) is 22.5 Å². The predicted molar refractivity (Wildman–Crippen MR) is 77.8 cm³/mol. The topological polar surface area (TPSA) is 58.4 Å². The second-order valence-corrected chi connectivity index (χ2v) is 5.43. The number of piperidine rings is 1. The minimum absolute atomic E-state index is 0.0273. The molecule has 1 fully saturated rings. The van der Waals surface area contributed by atoms with Crippen LogP contribution in [0.4, 0.5) is 0 Å². The van der Waals surface area contributed by atoms with Crippen LogP contribution in [0.1, 0.15) is 36.5 Å². The number of imidazole rings is 1. The number of hydrogen-bond donors (Lipinski definition) is 2. The Balaban J connectivity index is 1.68. The first-order valence-corrected chi connectivity index (χ1v) is 7.21. The van der Waals surface area contributed by atoms with Gasteiger partial charge in [0.2, 0.25) is 0 Å². The Kier molecular flexibility index (Phi) is 3.69. The van der Waals surface area contributed by atoms with Gasteiger partial charge in [0.25, 0.3) is 5.91 Å². The van der Waals surface area contributed by atoms with Crippen LogP contribution in [0.25, 0.3) is 5.65 Å². The Morgan fingerprint density at radius 2 is 2.40 bits per heavy atom. The molecule has 0 saturated carbocycles. The van der Waals surface area contributed by atoms with Crippen molar-refractivity contribution in [1.82, 2.24) is 20.0 Å². The van der Waals surface area contributed by atoms with Gasteiger partial charge in [0.1, 0.15) is 5.65 Å². The van der Waals surface area contributed by atoms with E-state index in [4.69, 9.17) is 0 Å². The summed E-state index contributed by atoms with van der Waals surface area (Å²) in [5.74, 6) is -0.0273. The summed E-state index contributed by atoms with van der Waals surface area (Å²) in [6.45, 7) is 3.11. The first-order valence-electron chi connectivity index (χ1n) is 7.21. The lowest BCUT2D eigenvalue weighted by molar-refractivity contribution is 0.0927.